The molecule has 1 aliphatic rings. The van der Waals surface area contributed by atoms with E-state index >= 15 is 0 Å². The molecule has 5 heteroatoms. The first-order valence-electron chi connectivity index (χ1n) is 6.33. The van der Waals surface area contributed by atoms with Crippen molar-refractivity contribution in [3.8, 4) is 0 Å². The summed E-state index contributed by atoms with van der Waals surface area (Å²) in [7, 11) is 0. The first kappa shape index (κ1) is 14.0. The molecule has 2 amide bonds. The number of hydrogen-bond donors (Lipinski definition) is 3. The van der Waals surface area contributed by atoms with E-state index in [2.05, 4.69) is 5.32 Å². The fourth-order valence-electron chi connectivity index (χ4n) is 2.20. The molecule has 0 aliphatic heterocycles. The highest BCUT2D eigenvalue weighted by Crippen LogP contribution is 2.26. The molecular formula is C12H23N3O2. The van der Waals surface area contributed by atoms with Crippen LogP contribution < -0.4 is 16.8 Å². The lowest BCUT2D eigenvalue weighted by Crippen LogP contribution is -2.42. The van der Waals surface area contributed by atoms with E-state index in [0.717, 1.165) is 32.1 Å². The lowest BCUT2D eigenvalue weighted by molar-refractivity contribution is -0.127. The van der Waals surface area contributed by atoms with Crippen LogP contribution in [0.5, 0.6) is 0 Å². The summed E-state index contributed by atoms with van der Waals surface area (Å²) in [4.78, 5) is 22.3. The zero-order valence-corrected chi connectivity index (χ0v) is 10.4. The van der Waals surface area contributed by atoms with Crippen molar-refractivity contribution in [2.45, 2.75) is 57.5 Å². The number of primary amides is 1. The van der Waals surface area contributed by atoms with E-state index in [9.17, 15) is 9.59 Å². The minimum Gasteiger partial charge on any atom is -0.368 e. The molecule has 5 nitrogen and oxygen atoms in total. The molecule has 98 valence electrons. The van der Waals surface area contributed by atoms with Crippen LogP contribution in [-0.2, 0) is 9.59 Å². The fourth-order valence-corrected chi connectivity index (χ4v) is 2.20. The molecule has 1 atom stereocenters. The molecule has 0 radical (unpaired) electrons. The Morgan fingerprint density at radius 3 is 2.41 bits per heavy atom. The quantitative estimate of drug-likeness (QED) is 0.644. The third kappa shape index (κ3) is 5.17. The van der Waals surface area contributed by atoms with Crippen LogP contribution in [0, 0.1) is 5.92 Å². The zero-order valence-electron chi connectivity index (χ0n) is 10.4. The zero-order chi connectivity index (χ0) is 12.8. The molecule has 0 saturated heterocycles. The molecule has 5 N–H and O–H groups in total. The van der Waals surface area contributed by atoms with Crippen molar-refractivity contribution in [3.05, 3.63) is 0 Å². The summed E-state index contributed by atoms with van der Waals surface area (Å²) in [6.45, 7) is 1.60. The molecule has 1 rings (SSSR count). The molecule has 0 spiro atoms. The second-order valence-electron chi connectivity index (χ2n) is 5.01. The van der Waals surface area contributed by atoms with Gasteiger partial charge in [-0.25, -0.2) is 0 Å². The van der Waals surface area contributed by atoms with E-state index in [0.29, 0.717) is 18.4 Å². The Balaban J connectivity index is 2.17. The summed E-state index contributed by atoms with van der Waals surface area (Å²) in [5.74, 6) is 0.0117. The standard InChI is InChI=1S/C12H23N3O2/c1-8(12(14)17)15-11(16)7-4-9-2-5-10(13)6-3-9/h8-10H,2-7,13H2,1H3,(H2,14,17)(H,15,16). The Labute approximate surface area is 102 Å². The number of amides is 2. The maximum absolute atomic E-state index is 11.5. The van der Waals surface area contributed by atoms with Crippen molar-refractivity contribution in [2.75, 3.05) is 0 Å². The Kier molecular flexibility index (Phi) is 5.41. The van der Waals surface area contributed by atoms with Crippen LogP contribution in [0.3, 0.4) is 0 Å². The van der Waals surface area contributed by atoms with Gasteiger partial charge < -0.3 is 16.8 Å². The van der Waals surface area contributed by atoms with E-state index in [1.807, 2.05) is 0 Å². The predicted octanol–water partition coefficient (Wildman–Crippen LogP) is 0.274. The maximum atomic E-state index is 11.5. The van der Waals surface area contributed by atoms with E-state index in [1.165, 1.54) is 0 Å². The number of rotatable bonds is 5. The van der Waals surface area contributed by atoms with Gasteiger partial charge in [-0.2, -0.15) is 0 Å². The summed E-state index contributed by atoms with van der Waals surface area (Å²) >= 11 is 0. The average molecular weight is 241 g/mol. The Morgan fingerprint density at radius 1 is 1.29 bits per heavy atom. The van der Waals surface area contributed by atoms with Crippen LogP contribution in [0.1, 0.15) is 45.4 Å². The molecule has 1 aliphatic carbocycles. The van der Waals surface area contributed by atoms with Crippen LogP contribution in [0.2, 0.25) is 0 Å². The minimum absolute atomic E-state index is 0.0915. The van der Waals surface area contributed by atoms with Crippen LogP contribution in [0.15, 0.2) is 0 Å². The second-order valence-corrected chi connectivity index (χ2v) is 5.01. The highest BCUT2D eigenvalue weighted by Gasteiger charge is 2.20. The number of nitrogens with one attached hydrogen (secondary N) is 1. The van der Waals surface area contributed by atoms with Crippen molar-refractivity contribution < 1.29 is 9.59 Å². The van der Waals surface area contributed by atoms with Gasteiger partial charge in [0.25, 0.3) is 0 Å². The molecule has 1 fully saturated rings. The lowest BCUT2D eigenvalue weighted by atomic mass is 9.84. The molecule has 0 aromatic heterocycles. The molecule has 1 unspecified atom stereocenters. The van der Waals surface area contributed by atoms with Gasteiger partial charge in [-0.05, 0) is 44.9 Å². The normalized spacial score (nSPS) is 26.2. The number of carbonyl (C=O) groups excluding carboxylic acids is 2. The van der Waals surface area contributed by atoms with Crippen molar-refractivity contribution >= 4 is 11.8 Å². The maximum Gasteiger partial charge on any atom is 0.239 e. The SMILES string of the molecule is CC(NC(=O)CCC1CCC(N)CC1)C(N)=O. The van der Waals surface area contributed by atoms with E-state index in [4.69, 9.17) is 11.5 Å². The minimum atomic E-state index is -0.581. The first-order valence-corrected chi connectivity index (χ1v) is 6.33. The number of nitrogens with two attached hydrogens (primary N) is 2. The summed E-state index contributed by atoms with van der Waals surface area (Å²) < 4.78 is 0. The molecule has 0 aromatic rings. The molecule has 1 saturated carbocycles. The number of hydrogen-bond acceptors (Lipinski definition) is 3. The molecule has 0 bridgehead atoms. The average Bonchev–Trinajstić information content (AvgIpc) is 2.28. The van der Waals surface area contributed by atoms with Crippen molar-refractivity contribution in [1.29, 1.82) is 0 Å². The van der Waals surface area contributed by atoms with Gasteiger partial charge in [0.15, 0.2) is 0 Å². The topological polar surface area (TPSA) is 98.2 Å². The molecule has 0 heterocycles. The van der Waals surface area contributed by atoms with Crippen molar-refractivity contribution in [1.82, 2.24) is 5.32 Å². The van der Waals surface area contributed by atoms with Gasteiger partial charge in [-0.3, -0.25) is 9.59 Å². The van der Waals surface area contributed by atoms with Crippen LogP contribution in [0.4, 0.5) is 0 Å². The van der Waals surface area contributed by atoms with Gasteiger partial charge in [0.2, 0.25) is 11.8 Å². The third-order valence-electron chi connectivity index (χ3n) is 3.48. The largest absolute Gasteiger partial charge is 0.368 e. The molecule has 0 aromatic carbocycles. The fraction of sp³-hybridized carbons (Fsp3) is 0.833. The summed E-state index contributed by atoms with van der Waals surface area (Å²) in [5.41, 5.74) is 10.9. The Morgan fingerprint density at radius 2 is 1.88 bits per heavy atom. The van der Waals surface area contributed by atoms with Crippen LogP contribution in [-0.4, -0.2) is 23.9 Å². The van der Waals surface area contributed by atoms with Gasteiger partial charge in [-0.1, -0.05) is 0 Å². The number of carbonyl (C=O) groups is 2. The van der Waals surface area contributed by atoms with Gasteiger partial charge in [-0.15, -0.1) is 0 Å². The molecular weight excluding hydrogens is 218 g/mol. The van der Waals surface area contributed by atoms with Gasteiger partial charge in [0.1, 0.15) is 6.04 Å². The van der Waals surface area contributed by atoms with Gasteiger partial charge >= 0.3 is 0 Å². The highest BCUT2D eigenvalue weighted by molar-refractivity contribution is 5.86. The predicted molar refractivity (Wildman–Crippen MR) is 66.0 cm³/mol. The van der Waals surface area contributed by atoms with Crippen LogP contribution in [0.25, 0.3) is 0 Å². The van der Waals surface area contributed by atoms with Gasteiger partial charge in [0.05, 0.1) is 0 Å². The third-order valence-corrected chi connectivity index (χ3v) is 3.48. The summed E-state index contributed by atoms with van der Waals surface area (Å²) in [6.07, 6.45) is 5.69. The van der Waals surface area contributed by atoms with E-state index < -0.39 is 11.9 Å². The van der Waals surface area contributed by atoms with Crippen molar-refractivity contribution in [2.24, 2.45) is 17.4 Å². The second kappa shape index (κ2) is 6.59. The van der Waals surface area contributed by atoms with Crippen molar-refractivity contribution in [3.63, 3.8) is 0 Å². The van der Waals surface area contributed by atoms with E-state index in [-0.39, 0.29) is 5.91 Å². The molecule has 17 heavy (non-hydrogen) atoms. The summed E-state index contributed by atoms with van der Waals surface area (Å²) in [5, 5.41) is 2.59. The first-order chi connectivity index (χ1) is 7.99. The monoisotopic (exact) mass is 241 g/mol. The highest BCUT2D eigenvalue weighted by atomic mass is 16.2. The van der Waals surface area contributed by atoms with Crippen LogP contribution >= 0.6 is 0 Å². The van der Waals surface area contributed by atoms with Gasteiger partial charge in [0, 0.05) is 12.5 Å². The Hall–Kier alpha value is -1.10. The lowest BCUT2D eigenvalue weighted by Gasteiger charge is -2.25. The summed E-state index contributed by atoms with van der Waals surface area (Å²) in [6, 6.07) is -0.239. The van der Waals surface area contributed by atoms with E-state index in [1.54, 1.807) is 6.92 Å². The Bertz CT molecular complexity index is 273. The smallest absolute Gasteiger partial charge is 0.239 e.